The summed E-state index contributed by atoms with van der Waals surface area (Å²) >= 11 is 0. The zero-order valence-corrected chi connectivity index (χ0v) is 17.4. The lowest BCUT2D eigenvalue weighted by atomic mass is 10.0. The van der Waals surface area contributed by atoms with Crippen molar-refractivity contribution in [1.82, 2.24) is 15.6 Å². The lowest BCUT2D eigenvalue weighted by Gasteiger charge is -2.14. The fourth-order valence-electron chi connectivity index (χ4n) is 3.20. The van der Waals surface area contributed by atoms with Crippen LogP contribution in [0.4, 0.5) is 0 Å². The summed E-state index contributed by atoms with van der Waals surface area (Å²) in [6.07, 6.45) is 3.49. The molecule has 1 aromatic heterocycles. The Morgan fingerprint density at radius 1 is 0.933 bits per heavy atom. The molecule has 0 aliphatic carbocycles. The number of benzene rings is 2. The van der Waals surface area contributed by atoms with Crippen LogP contribution in [-0.4, -0.2) is 23.8 Å². The molecule has 3 rings (SSSR count). The van der Waals surface area contributed by atoms with E-state index in [1.54, 1.807) is 37.6 Å². The van der Waals surface area contributed by atoms with Gasteiger partial charge in [0.2, 0.25) is 0 Å². The highest BCUT2D eigenvalue weighted by atomic mass is 16.5. The van der Waals surface area contributed by atoms with Gasteiger partial charge in [0.1, 0.15) is 12.4 Å². The summed E-state index contributed by atoms with van der Waals surface area (Å²) in [6, 6.07) is 14.7. The molecule has 6 heteroatoms. The highest BCUT2D eigenvalue weighted by molar-refractivity contribution is 5.95. The Hall–Kier alpha value is -3.67. The summed E-state index contributed by atoms with van der Waals surface area (Å²) in [7, 11) is 1.59. The molecular weight excluding hydrogens is 378 g/mol. The van der Waals surface area contributed by atoms with Crippen molar-refractivity contribution in [2.45, 2.75) is 27.0 Å². The molecule has 0 saturated heterocycles. The van der Waals surface area contributed by atoms with Gasteiger partial charge in [-0.05, 0) is 60.9 Å². The SMILES string of the molecule is CNC(=O)c1cccc(CNC(=O)c2cc(C)c(OCc3cccnc3)c(C)c2)c1. The zero-order valence-electron chi connectivity index (χ0n) is 17.4. The Labute approximate surface area is 176 Å². The van der Waals surface area contributed by atoms with Crippen molar-refractivity contribution in [3.8, 4) is 5.75 Å². The molecule has 0 bridgehead atoms. The molecule has 0 aliphatic heterocycles. The number of carbonyl (C=O) groups excluding carboxylic acids is 2. The molecule has 0 unspecified atom stereocenters. The molecule has 2 aromatic carbocycles. The predicted octanol–water partition coefficient (Wildman–Crippen LogP) is 3.57. The number of amides is 2. The van der Waals surface area contributed by atoms with Crippen LogP contribution in [0.1, 0.15) is 43.0 Å². The van der Waals surface area contributed by atoms with E-state index in [9.17, 15) is 9.59 Å². The standard InChI is InChI=1S/C24H25N3O3/c1-16-10-21(11-17(2)22(16)30-15-19-7-5-9-26-13-19)24(29)27-14-18-6-4-8-20(12-18)23(28)25-3/h4-13H,14-15H2,1-3H3,(H,25,28)(H,27,29). The van der Waals surface area contributed by atoms with E-state index in [2.05, 4.69) is 15.6 Å². The minimum Gasteiger partial charge on any atom is -0.488 e. The summed E-state index contributed by atoms with van der Waals surface area (Å²) < 4.78 is 5.95. The van der Waals surface area contributed by atoms with Crippen LogP contribution < -0.4 is 15.4 Å². The number of hydrogen-bond acceptors (Lipinski definition) is 4. The molecule has 1 heterocycles. The Kier molecular flexibility index (Phi) is 6.80. The van der Waals surface area contributed by atoms with Crippen molar-refractivity contribution >= 4 is 11.8 Å². The van der Waals surface area contributed by atoms with Crippen LogP contribution in [-0.2, 0) is 13.2 Å². The van der Waals surface area contributed by atoms with E-state index in [4.69, 9.17) is 4.74 Å². The van der Waals surface area contributed by atoms with E-state index in [0.717, 1.165) is 28.0 Å². The monoisotopic (exact) mass is 403 g/mol. The third-order valence-electron chi connectivity index (χ3n) is 4.70. The summed E-state index contributed by atoms with van der Waals surface area (Å²) in [5.41, 5.74) is 4.76. The first-order valence-corrected chi connectivity index (χ1v) is 9.70. The van der Waals surface area contributed by atoms with Gasteiger partial charge in [-0.3, -0.25) is 14.6 Å². The average Bonchev–Trinajstić information content (AvgIpc) is 2.77. The molecular formula is C24H25N3O3. The van der Waals surface area contributed by atoms with Crippen LogP contribution in [0, 0.1) is 13.8 Å². The van der Waals surface area contributed by atoms with Crippen molar-refractivity contribution in [3.05, 3.63) is 94.3 Å². The summed E-state index contributed by atoms with van der Waals surface area (Å²) in [5, 5.41) is 5.51. The zero-order chi connectivity index (χ0) is 21.5. The second-order valence-corrected chi connectivity index (χ2v) is 7.05. The van der Waals surface area contributed by atoms with Gasteiger partial charge in [0.15, 0.2) is 0 Å². The third-order valence-corrected chi connectivity index (χ3v) is 4.70. The second kappa shape index (κ2) is 9.69. The topological polar surface area (TPSA) is 80.3 Å². The van der Waals surface area contributed by atoms with E-state index in [1.807, 2.05) is 44.2 Å². The lowest BCUT2D eigenvalue weighted by Crippen LogP contribution is -2.23. The molecule has 3 aromatic rings. The van der Waals surface area contributed by atoms with Gasteiger partial charge in [0.05, 0.1) is 0 Å². The van der Waals surface area contributed by atoms with Crippen molar-refractivity contribution in [2.24, 2.45) is 0 Å². The minimum atomic E-state index is -0.176. The Morgan fingerprint density at radius 3 is 2.33 bits per heavy atom. The smallest absolute Gasteiger partial charge is 0.251 e. The van der Waals surface area contributed by atoms with E-state index < -0.39 is 0 Å². The lowest BCUT2D eigenvalue weighted by molar-refractivity contribution is 0.0948. The Bertz CT molecular complexity index is 1030. The van der Waals surface area contributed by atoms with Gasteiger partial charge >= 0.3 is 0 Å². The van der Waals surface area contributed by atoms with Gasteiger partial charge in [-0.1, -0.05) is 18.2 Å². The van der Waals surface area contributed by atoms with Crippen LogP contribution in [0.25, 0.3) is 0 Å². The molecule has 2 N–H and O–H groups in total. The van der Waals surface area contributed by atoms with Gasteiger partial charge < -0.3 is 15.4 Å². The quantitative estimate of drug-likeness (QED) is 0.632. The molecule has 0 fully saturated rings. The summed E-state index contributed by atoms with van der Waals surface area (Å²) in [5.74, 6) is 0.440. The summed E-state index contributed by atoms with van der Waals surface area (Å²) in [6.45, 7) is 4.61. The molecule has 0 aliphatic rings. The van der Waals surface area contributed by atoms with Crippen molar-refractivity contribution in [3.63, 3.8) is 0 Å². The number of aromatic nitrogens is 1. The van der Waals surface area contributed by atoms with E-state index in [-0.39, 0.29) is 11.8 Å². The van der Waals surface area contributed by atoms with Crippen molar-refractivity contribution < 1.29 is 14.3 Å². The van der Waals surface area contributed by atoms with Gasteiger partial charge in [-0.15, -0.1) is 0 Å². The number of nitrogens with zero attached hydrogens (tertiary/aromatic N) is 1. The van der Waals surface area contributed by atoms with E-state index in [1.165, 1.54) is 0 Å². The number of aryl methyl sites for hydroxylation is 2. The number of hydrogen-bond donors (Lipinski definition) is 2. The highest BCUT2D eigenvalue weighted by Gasteiger charge is 2.12. The number of rotatable bonds is 7. The predicted molar refractivity (Wildman–Crippen MR) is 115 cm³/mol. The van der Waals surface area contributed by atoms with Gasteiger partial charge in [0.25, 0.3) is 11.8 Å². The first-order chi connectivity index (χ1) is 14.5. The number of ether oxygens (including phenoxy) is 1. The first-order valence-electron chi connectivity index (χ1n) is 9.70. The van der Waals surface area contributed by atoms with E-state index >= 15 is 0 Å². The molecule has 0 radical (unpaired) electrons. The van der Waals surface area contributed by atoms with E-state index in [0.29, 0.717) is 24.3 Å². The van der Waals surface area contributed by atoms with Crippen LogP contribution in [0.5, 0.6) is 5.75 Å². The maximum atomic E-state index is 12.6. The number of carbonyl (C=O) groups is 2. The van der Waals surface area contributed by atoms with Gasteiger partial charge in [-0.2, -0.15) is 0 Å². The highest BCUT2D eigenvalue weighted by Crippen LogP contribution is 2.26. The maximum absolute atomic E-state index is 12.6. The largest absolute Gasteiger partial charge is 0.488 e. The summed E-state index contributed by atoms with van der Waals surface area (Å²) in [4.78, 5) is 28.5. The van der Waals surface area contributed by atoms with Gasteiger partial charge in [-0.25, -0.2) is 0 Å². The van der Waals surface area contributed by atoms with Gasteiger partial charge in [0, 0.05) is 42.7 Å². The third kappa shape index (κ3) is 5.23. The van der Waals surface area contributed by atoms with Crippen LogP contribution in [0.3, 0.4) is 0 Å². The normalized spacial score (nSPS) is 10.4. The average molecular weight is 403 g/mol. The Morgan fingerprint density at radius 2 is 1.67 bits per heavy atom. The molecule has 0 atom stereocenters. The first kappa shape index (κ1) is 21.0. The molecule has 2 amide bonds. The fraction of sp³-hybridized carbons (Fsp3) is 0.208. The maximum Gasteiger partial charge on any atom is 0.251 e. The molecule has 0 spiro atoms. The van der Waals surface area contributed by atoms with Crippen LogP contribution >= 0.6 is 0 Å². The fourth-order valence-corrected chi connectivity index (χ4v) is 3.20. The number of pyridine rings is 1. The molecule has 154 valence electrons. The van der Waals surface area contributed by atoms with Crippen LogP contribution in [0.2, 0.25) is 0 Å². The van der Waals surface area contributed by atoms with Crippen molar-refractivity contribution in [2.75, 3.05) is 7.05 Å². The Balaban J connectivity index is 1.66. The van der Waals surface area contributed by atoms with Crippen LogP contribution in [0.15, 0.2) is 60.9 Å². The minimum absolute atomic E-state index is 0.156. The second-order valence-electron chi connectivity index (χ2n) is 7.05. The number of nitrogens with one attached hydrogen (secondary N) is 2. The molecule has 0 saturated carbocycles. The molecule has 6 nitrogen and oxygen atoms in total. The molecule has 30 heavy (non-hydrogen) atoms. The van der Waals surface area contributed by atoms with Crippen molar-refractivity contribution in [1.29, 1.82) is 0 Å².